The molecule has 5 heteroatoms. The third-order valence-corrected chi connectivity index (χ3v) is 3.70. The fourth-order valence-electron chi connectivity index (χ4n) is 2.12. The Morgan fingerprint density at radius 1 is 1.38 bits per heavy atom. The van der Waals surface area contributed by atoms with Gasteiger partial charge in [-0.25, -0.2) is 4.98 Å². The highest BCUT2D eigenvalue weighted by molar-refractivity contribution is 9.10. The Kier molecular flexibility index (Phi) is 2.56. The summed E-state index contributed by atoms with van der Waals surface area (Å²) in [6.07, 6.45) is 3.49. The van der Waals surface area contributed by atoms with E-state index < -0.39 is 0 Å². The number of fused-ring (bicyclic) bond motifs is 1. The van der Waals surface area contributed by atoms with Gasteiger partial charge >= 0.3 is 0 Å². The Bertz CT molecular complexity index is 532. The van der Waals surface area contributed by atoms with E-state index in [1.54, 1.807) is 6.07 Å². The molecule has 3 rings (SSSR count). The number of hydrogen-bond donors (Lipinski definition) is 0. The van der Waals surface area contributed by atoms with Crippen molar-refractivity contribution in [3.8, 4) is 11.6 Å². The van der Waals surface area contributed by atoms with Crippen molar-refractivity contribution >= 4 is 27.5 Å². The summed E-state index contributed by atoms with van der Waals surface area (Å²) in [7, 11) is 0. The van der Waals surface area contributed by atoms with Gasteiger partial charge in [-0.1, -0.05) is 0 Å². The Hall–Kier alpha value is -0.740. The second kappa shape index (κ2) is 3.93. The Labute approximate surface area is 107 Å². The quantitative estimate of drug-likeness (QED) is 0.800. The molecule has 2 aromatic rings. The number of imidazole rings is 1. The molecule has 16 heavy (non-hydrogen) atoms. The first kappa shape index (κ1) is 10.4. The van der Waals surface area contributed by atoms with Crippen LogP contribution in [0.15, 0.2) is 21.2 Å². The van der Waals surface area contributed by atoms with E-state index >= 15 is 0 Å². The molecule has 0 unspecified atom stereocenters. The molecule has 0 spiro atoms. The number of aromatic nitrogens is 2. The largest absolute Gasteiger partial charge is 0.441 e. The second-order valence-electron chi connectivity index (χ2n) is 3.89. The molecule has 3 heterocycles. The first-order valence-corrected chi connectivity index (χ1v) is 6.43. The second-order valence-corrected chi connectivity index (χ2v) is 5.01. The fraction of sp³-hybridized carbons (Fsp3) is 0.364. The lowest BCUT2D eigenvalue weighted by atomic mass is 10.1. The fourth-order valence-corrected chi connectivity index (χ4v) is 2.85. The first-order valence-electron chi connectivity index (χ1n) is 5.26. The van der Waals surface area contributed by atoms with Gasteiger partial charge < -0.3 is 8.98 Å². The van der Waals surface area contributed by atoms with Crippen LogP contribution >= 0.6 is 27.5 Å². The first-order chi connectivity index (χ1) is 7.75. The molecule has 2 aromatic heterocycles. The van der Waals surface area contributed by atoms with Crippen LogP contribution in [-0.4, -0.2) is 9.55 Å². The number of rotatable bonds is 1. The molecule has 0 aliphatic carbocycles. The zero-order chi connectivity index (χ0) is 11.1. The van der Waals surface area contributed by atoms with Gasteiger partial charge in [0.15, 0.2) is 16.8 Å². The molecule has 0 N–H and O–H groups in total. The Morgan fingerprint density at radius 3 is 3.00 bits per heavy atom. The standard InChI is InChI=1S/C11H10BrClN2O/c12-10-7-3-1-2-6-15(7)11(14-10)8-4-5-9(13)16-8/h4-5H,1-3,6H2. The molecule has 1 aliphatic rings. The summed E-state index contributed by atoms with van der Waals surface area (Å²) in [4.78, 5) is 4.50. The summed E-state index contributed by atoms with van der Waals surface area (Å²) in [5.41, 5.74) is 1.26. The molecule has 84 valence electrons. The molecule has 0 saturated heterocycles. The van der Waals surface area contributed by atoms with Crippen LogP contribution in [0.4, 0.5) is 0 Å². The van der Waals surface area contributed by atoms with Crippen molar-refractivity contribution in [2.24, 2.45) is 0 Å². The Balaban J connectivity index is 2.14. The summed E-state index contributed by atoms with van der Waals surface area (Å²) in [5.74, 6) is 1.60. The van der Waals surface area contributed by atoms with Gasteiger partial charge in [0.05, 0.1) is 5.69 Å². The van der Waals surface area contributed by atoms with Crippen LogP contribution in [0.2, 0.25) is 5.22 Å². The minimum Gasteiger partial charge on any atom is -0.441 e. The predicted molar refractivity (Wildman–Crippen MR) is 65.6 cm³/mol. The highest BCUT2D eigenvalue weighted by Gasteiger charge is 2.21. The molecule has 0 fully saturated rings. The summed E-state index contributed by atoms with van der Waals surface area (Å²) in [6, 6.07) is 3.61. The van der Waals surface area contributed by atoms with Crippen molar-refractivity contribution in [3.05, 3.63) is 27.6 Å². The van der Waals surface area contributed by atoms with E-state index in [1.807, 2.05) is 6.07 Å². The maximum absolute atomic E-state index is 5.78. The van der Waals surface area contributed by atoms with Crippen molar-refractivity contribution in [2.45, 2.75) is 25.8 Å². The summed E-state index contributed by atoms with van der Waals surface area (Å²) >= 11 is 9.29. The number of halogens is 2. The molecule has 0 bridgehead atoms. The zero-order valence-electron chi connectivity index (χ0n) is 8.54. The van der Waals surface area contributed by atoms with Crippen LogP contribution in [0.1, 0.15) is 18.5 Å². The van der Waals surface area contributed by atoms with Crippen LogP contribution in [0.5, 0.6) is 0 Å². The maximum atomic E-state index is 5.78. The monoisotopic (exact) mass is 300 g/mol. The van der Waals surface area contributed by atoms with E-state index in [0.29, 0.717) is 5.22 Å². The highest BCUT2D eigenvalue weighted by Crippen LogP contribution is 2.31. The molecule has 0 amide bonds. The number of furan rings is 1. The topological polar surface area (TPSA) is 31.0 Å². The van der Waals surface area contributed by atoms with E-state index in [2.05, 4.69) is 25.5 Å². The third kappa shape index (κ3) is 1.60. The van der Waals surface area contributed by atoms with Gasteiger partial charge in [0.25, 0.3) is 0 Å². The van der Waals surface area contributed by atoms with Crippen molar-refractivity contribution in [1.82, 2.24) is 9.55 Å². The van der Waals surface area contributed by atoms with E-state index in [9.17, 15) is 0 Å². The minimum atomic E-state index is 0.402. The van der Waals surface area contributed by atoms with Gasteiger partial charge in [-0.05, 0) is 58.9 Å². The van der Waals surface area contributed by atoms with Crippen LogP contribution in [-0.2, 0) is 13.0 Å². The lowest BCUT2D eigenvalue weighted by Gasteiger charge is -2.15. The average Bonchev–Trinajstić information content (AvgIpc) is 2.84. The average molecular weight is 302 g/mol. The summed E-state index contributed by atoms with van der Waals surface area (Å²) in [5, 5.41) is 0.402. The van der Waals surface area contributed by atoms with Crippen LogP contribution < -0.4 is 0 Å². The van der Waals surface area contributed by atoms with Crippen molar-refractivity contribution in [2.75, 3.05) is 0 Å². The van der Waals surface area contributed by atoms with E-state index in [1.165, 1.54) is 18.5 Å². The van der Waals surface area contributed by atoms with E-state index in [-0.39, 0.29) is 0 Å². The summed E-state index contributed by atoms with van der Waals surface area (Å²) in [6.45, 7) is 1.00. The minimum absolute atomic E-state index is 0.402. The normalized spacial score (nSPS) is 15.1. The SMILES string of the molecule is Clc1ccc(-c2nc(Br)c3n2CCCC3)o1. The van der Waals surface area contributed by atoms with Crippen molar-refractivity contribution in [1.29, 1.82) is 0 Å². The lowest BCUT2D eigenvalue weighted by Crippen LogP contribution is -2.10. The van der Waals surface area contributed by atoms with Crippen molar-refractivity contribution < 1.29 is 4.42 Å². The maximum Gasteiger partial charge on any atom is 0.194 e. The van der Waals surface area contributed by atoms with Crippen molar-refractivity contribution in [3.63, 3.8) is 0 Å². The lowest BCUT2D eigenvalue weighted by molar-refractivity contribution is 0.520. The highest BCUT2D eigenvalue weighted by atomic mass is 79.9. The molecule has 0 saturated carbocycles. The predicted octanol–water partition coefficient (Wildman–Crippen LogP) is 3.90. The van der Waals surface area contributed by atoms with Gasteiger partial charge in [-0.2, -0.15) is 0 Å². The zero-order valence-corrected chi connectivity index (χ0v) is 10.9. The van der Waals surface area contributed by atoms with Gasteiger partial charge in [0, 0.05) is 6.54 Å². The molecule has 0 radical (unpaired) electrons. The van der Waals surface area contributed by atoms with Gasteiger partial charge in [-0.15, -0.1) is 0 Å². The smallest absolute Gasteiger partial charge is 0.194 e. The van der Waals surface area contributed by atoms with Crippen LogP contribution in [0.25, 0.3) is 11.6 Å². The molecule has 0 aromatic carbocycles. The summed E-state index contributed by atoms with van der Waals surface area (Å²) < 4.78 is 8.55. The number of hydrogen-bond acceptors (Lipinski definition) is 2. The van der Waals surface area contributed by atoms with Gasteiger partial charge in [0.2, 0.25) is 0 Å². The van der Waals surface area contributed by atoms with E-state index in [0.717, 1.165) is 29.2 Å². The molecular weight excluding hydrogens is 291 g/mol. The molecule has 1 aliphatic heterocycles. The molecule has 0 atom stereocenters. The van der Waals surface area contributed by atoms with Crippen LogP contribution in [0.3, 0.4) is 0 Å². The van der Waals surface area contributed by atoms with Gasteiger partial charge in [0.1, 0.15) is 4.60 Å². The molecule has 3 nitrogen and oxygen atoms in total. The Morgan fingerprint density at radius 2 is 2.25 bits per heavy atom. The van der Waals surface area contributed by atoms with Gasteiger partial charge in [-0.3, -0.25) is 0 Å². The third-order valence-electron chi connectivity index (χ3n) is 2.86. The molecular formula is C11H10BrClN2O. The van der Waals surface area contributed by atoms with E-state index in [4.69, 9.17) is 16.0 Å². The van der Waals surface area contributed by atoms with Crippen LogP contribution in [0, 0.1) is 0 Å². The number of nitrogens with zero attached hydrogens (tertiary/aromatic N) is 2.